The van der Waals surface area contributed by atoms with Crippen LogP contribution < -0.4 is 4.74 Å². The van der Waals surface area contributed by atoms with Gasteiger partial charge in [0.25, 0.3) is 0 Å². The van der Waals surface area contributed by atoms with Crippen LogP contribution in [0.15, 0.2) is 53.7 Å². The molecule has 1 heterocycles. The molecule has 0 saturated heterocycles. The fourth-order valence-corrected chi connectivity index (χ4v) is 3.89. The Labute approximate surface area is 175 Å². The molecule has 0 N–H and O–H groups in total. The van der Waals surface area contributed by atoms with Gasteiger partial charge in [-0.15, -0.1) is 10.2 Å². The highest BCUT2D eigenvalue weighted by Crippen LogP contribution is 2.30. The quantitative estimate of drug-likeness (QED) is 0.521. The third-order valence-corrected chi connectivity index (χ3v) is 5.61. The zero-order valence-corrected chi connectivity index (χ0v) is 18.1. The molecule has 0 aliphatic rings. The van der Waals surface area contributed by atoms with Crippen molar-refractivity contribution in [3.05, 3.63) is 54.1 Å². The monoisotopic (exact) mass is 410 g/mol. The van der Waals surface area contributed by atoms with Crippen LogP contribution in [0.4, 0.5) is 0 Å². The zero-order valence-electron chi connectivity index (χ0n) is 17.3. The minimum atomic E-state index is 0.0985. The van der Waals surface area contributed by atoms with Gasteiger partial charge >= 0.3 is 0 Å². The minimum Gasteiger partial charge on any atom is -0.497 e. The van der Waals surface area contributed by atoms with Gasteiger partial charge in [0.2, 0.25) is 5.91 Å². The highest BCUT2D eigenvalue weighted by molar-refractivity contribution is 7.99. The molecule has 2 aromatic carbocycles. The number of ether oxygens (including phenoxy) is 1. The molecule has 0 saturated carbocycles. The van der Waals surface area contributed by atoms with E-state index in [-0.39, 0.29) is 5.91 Å². The average molecular weight is 411 g/mol. The summed E-state index contributed by atoms with van der Waals surface area (Å²) >= 11 is 1.41. The van der Waals surface area contributed by atoms with Crippen molar-refractivity contribution < 1.29 is 9.53 Å². The largest absolute Gasteiger partial charge is 0.497 e. The summed E-state index contributed by atoms with van der Waals surface area (Å²) in [5.41, 5.74) is 3.03. The lowest BCUT2D eigenvalue weighted by Gasteiger charge is -2.18. The van der Waals surface area contributed by atoms with E-state index in [1.807, 2.05) is 59.7 Å². The van der Waals surface area contributed by atoms with E-state index < -0.39 is 0 Å². The Hall–Kier alpha value is -2.80. The summed E-state index contributed by atoms with van der Waals surface area (Å²) in [5.74, 6) is 1.89. The van der Waals surface area contributed by atoms with E-state index in [0.29, 0.717) is 29.8 Å². The number of nitrogens with zero attached hydrogens (tertiary/aromatic N) is 4. The van der Waals surface area contributed by atoms with E-state index >= 15 is 0 Å². The Bertz CT molecular complexity index is 965. The lowest BCUT2D eigenvalue weighted by molar-refractivity contribution is -0.127. The molecule has 7 heteroatoms. The van der Waals surface area contributed by atoms with E-state index in [4.69, 9.17) is 4.74 Å². The van der Waals surface area contributed by atoms with Crippen LogP contribution in [-0.2, 0) is 4.79 Å². The molecule has 29 heavy (non-hydrogen) atoms. The summed E-state index contributed by atoms with van der Waals surface area (Å²) in [6, 6.07) is 15.9. The van der Waals surface area contributed by atoms with E-state index in [1.54, 1.807) is 7.11 Å². The van der Waals surface area contributed by atoms with Crippen molar-refractivity contribution in [2.75, 3.05) is 26.0 Å². The van der Waals surface area contributed by atoms with Crippen molar-refractivity contribution in [3.8, 4) is 22.8 Å². The molecule has 1 aromatic heterocycles. The van der Waals surface area contributed by atoms with Gasteiger partial charge in [-0.1, -0.05) is 41.6 Å². The van der Waals surface area contributed by atoms with Crippen LogP contribution in [0.1, 0.15) is 19.4 Å². The van der Waals surface area contributed by atoms with Crippen molar-refractivity contribution in [3.63, 3.8) is 0 Å². The Morgan fingerprint density at radius 1 is 1.10 bits per heavy atom. The molecule has 1 amide bonds. The number of thioether (sulfide) groups is 1. The molecule has 0 aliphatic carbocycles. The van der Waals surface area contributed by atoms with Crippen LogP contribution in [-0.4, -0.2) is 51.5 Å². The van der Waals surface area contributed by atoms with Crippen molar-refractivity contribution in [2.45, 2.75) is 25.9 Å². The van der Waals surface area contributed by atoms with Crippen LogP contribution in [0.3, 0.4) is 0 Å². The maximum atomic E-state index is 12.5. The summed E-state index contributed by atoms with van der Waals surface area (Å²) in [5, 5.41) is 9.52. The van der Waals surface area contributed by atoms with E-state index in [2.05, 4.69) is 29.3 Å². The van der Waals surface area contributed by atoms with Gasteiger partial charge in [-0.05, 0) is 45.0 Å². The first-order chi connectivity index (χ1) is 14.1. The zero-order chi connectivity index (χ0) is 20.8. The first kappa shape index (κ1) is 20.9. The number of carbonyl (C=O) groups excluding carboxylic acids is 1. The first-order valence-electron chi connectivity index (χ1n) is 9.64. The third kappa shape index (κ3) is 4.79. The molecule has 0 spiro atoms. The highest BCUT2D eigenvalue weighted by Gasteiger charge is 2.19. The van der Waals surface area contributed by atoms with Gasteiger partial charge in [-0.25, -0.2) is 0 Å². The SMILES string of the molecule is CCN(CC)C(=O)CSc1nnc(-c2cccc(OC)c2)n1-c1ccc(C)cc1. The number of aryl methyl sites for hydroxylation is 1. The average Bonchev–Trinajstić information content (AvgIpc) is 3.17. The second kappa shape index (κ2) is 9.60. The second-order valence-electron chi connectivity index (χ2n) is 6.56. The molecule has 0 bridgehead atoms. The fourth-order valence-electron chi connectivity index (χ4n) is 3.03. The molecule has 0 unspecified atom stereocenters. The second-order valence-corrected chi connectivity index (χ2v) is 7.51. The van der Waals surface area contributed by atoms with Crippen molar-refractivity contribution in [1.29, 1.82) is 0 Å². The highest BCUT2D eigenvalue weighted by atomic mass is 32.2. The van der Waals surface area contributed by atoms with E-state index in [0.717, 1.165) is 17.0 Å². The molecule has 3 rings (SSSR count). The van der Waals surface area contributed by atoms with Gasteiger partial charge in [-0.2, -0.15) is 0 Å². The van der Waals surface area contributed by atoms with Gasteiger partial charge in [-0.3, -0.25) is 9.36 Å². The third-order valence-electron chi connectivity index (χ3n) is 4.69. The number of hydrogen-bond donors (Lipinski definition) is 0. The number of carbonyl (C=O) groups is 1. The maximum Gasteiger partial charge on any atom is 0.233 e. The van der Waals surface area contributed by atoms with Crippen LogP contribution in [0.25, 0.3) is 17.1 Å². The van der Waals surface area contributed by atoms with Gasteiger partial charge in [0.15, 0.2) is 11.0 Å². The van der Waals surface area contributed by atoms with Gasteiger partial charge in [0, 0.05) is 24.3 Å². The predicted molar refractivity (Wildman–Crippen MR) is 117 cm³/mol. The topological polar surface area (TPSA) is 60.3 Å². The Kier molecular flexibility index (Phi) is 6.93. The molecular weight excluding hydrogens is 384 g/mol. The fraction of sp³-hybridized carbons (Fsp3) is 0.318. The van der Waals surface area contributed by atoms with Crippen molar-refractivity contribution in [2.24, 2.45) is 0 Å². The number of hydrogen-bond acceptors (Lipinski definition) is 5. The normalized spacial score (nSPS) is 10.8. The first-order valence-corrected chi connectivity index (χ1v) is 10.6. The van der Waals surface area contributed by atoms with E-state index in [1.165, 1.54) is 17.3 Å². The molecular formula is C22H26N4O2S. The lowest BCUT2D eigenvalue weighted by atomic mass is 10.2. The van der Waals surface area contributed by atoms with Crippen LogP contribution in [0.2, 0.25) is 0 Å². The van der Waals surface area contributed by atoms with Crippen molar-refractivity contribution in [1.82, 2.24) is 19.7 Å². The summed E-state index contributed by atoms with van der Waals surface area (Å²) in [4.78, 5) is 14.3. The number of methoxy groups -OCH3 is 1. The maximum absolute atomic E-state index is 12.5. The van der Waals surface area contributed by atoms with Crippen LogP contribution in [0.5, 0.6) is 5.75 Å². The predicted octanol–water partition coefficient (Wildman–Crippen LogP) is 4.21. The molecule has 0 fully saturated rings. The number of amides is 1. The number of rotatable bonds is 8. The molecule has 6 nitrogen and oxygen atoms in total. The minimum absolute atomic E-state index is 0.0985. The lowest BCUT2D eigenvalue weighted by Crippen LogP contribution is -2.31. The summed E-state index contributed by atoms with van der Waals surface area (Å²) in [6.07, 6.45) is 0. The van der Waals surface area contributed by atoms with Crippen molar-refractivity contribution >= 4 is 17.7 Å². The Morgan fingerprint density at radius 3 is 2.48 bits per heavy atom. The Morgan fingerprint density at radius 2 is 1.83 bits per heavy atom. The van der Waals surface area contributed by atoms with E-state index in [9.17, 15) is 4.79 Å². The molecule has 0 aliphatic heterocycles. The molecule has 0 atom stereocenters. The van der Waals surface area contributed by atoms with Gasteiger partial charge in [0.05, 0.1) is 12.9 Å². The molecule has 152 valence electrons. The smallest absolute Gasteiger partial charge is 0.233 e. The summed E-state index contributed by atoms with van der Waals surface area (Å²) < 4.78 is 7.36. The standard InChI is InChI=1S/C22H26N4O2S/c1-5-25(6-2)20(27)15-29-22-24-23-21(17-8-7-9-19(14-17)28-4)26(22)18-12-10-16(3)11-13-18/h7-14H,5-6,15H2,1-4H3. The molecule has 0 radical (unpaired) electrons. The summed E-state index contributed by atoms with van der Waals surface area (Å²) in [7, 11) is 1.64. The van der Waals surface area contributed by atoms with Gasteiger partial charge < -0.3 is 9.64 Å². The summed E-state index contributed by atoms with van der Waals surface area (Å²) in [6.45, 7) is 7.44. The van der Waals surface area contributed by atoms with Crippen LogP contribution in [0, 0.1) is 6.92 Å². The number of benzene rings is 2. The van der Waals surface area contributed by atoms with Gasteiger partial charge in [0.1, 0.15) is 5.75 Å². The Balaban J connectivity index is 1.99. The number of aromatic nitrogens is 3. The molecule has 3 aromatic rings. The van der Waals surface area contributed by atoms with Crippen LogP contribution >= 0.6 is 11.8 Å².